The largest absolute Gasteiger partial charge is 0.497 e. The summed E-state index contributed by atoms with van der Waals surface area (Å²) in [6, 6.07) is 18.3. The number of primary sulfonamides is 1. The summed E-state index contributed by atoms with van der Waals surface area (Å²) >= 11 is 1.18. The minimum Gasteiger partial charge on any atom is -0.497 e. The lowest BCUT2D eigenvalue weighted by Crippen LogP contribution is -2.11. The fraction of sp³-hybridized carbons (Fsp3) is 0.167. The van der Waals surface area contributed by atoms with Crippen molar-refractivity contribution in [1.82, 2.24) is 14.8 Å². The summed E-state index contributed by atoms with van der Waals surface area (Å²) in [6.07, 6.45) is 2.26. The van der Waals surface area contributed by atoms with Crippen LogP contribution in [0.15, 0.2) is 77.0 Å². The number of carboxylic acid groups (broad SMARTS) is 1. The number of nitrogens with two attached hydrogens (primary N) is 1. The average Bonchev–Trinajstić information content (AvgIpc) is 3.56. The van der Waals surface area contributed by atoms with Gasteiger partial charge in [0.05, 0.1) is 23.4 Å². The molecule has 1 aliphatic carbocycles. The molecule has 0 radical (unpaired) electrons. The van der Waals surface area contributed by atoms with Gasteiger partial charge in [-0.05, 0) is 66.4 Å². The molecule has 214 valence electrons. The number of nitrogens with zero attached hydrogens (tertiary/aromatic N) is 3. The van der Waals surface area contributed by atoms with Crippen LogP contribution in [0.2, 0.25) is 0 Å². The van der Waals surface area contributed by atoms with Crippen LogP contribution in [0.4, 0.5) is 4.39 Å². The van der Waals surface area contributed by atoms with Crippen molar-refractivity contribution in [2.24, 2.45) is 5.14 Å². The van der Waals surface area contributed by atoms with Gasteiger partial charge in [0.25, 0.3) is 0 Å². The van der Waals surface area contributed by atoms with E-state index in [1.54, 1.807) is 60.3 Å². The number of carbonyl (C=O) groups is 1. The Bertz CT molecular complexity index is 1930. The van der Waals surface area contributed by atoms with Gasteiger partial charge in [-0.25, -0.2) is 32.4 Å². The maximum Gasteiger partial charge on any atom is 0.355 e. The highest BCUT2D eigenvalue weighted by Crippen LogP contribution is 2.46. The number of ether oxygens (including phenoxy) is 1. The third-order valence-electron chi connectivity index (χ3n) is 7.13. The van der Waals surface area contributed by atoms with E-state index in [9.17, 15) is 18.3 Å². The summed E-state index contributed by atoms with van der Waals surface area (Å²) in [5, 5.41) is 21.6. The van der Waals surface area contributed by atoms with Crippen LogP contribution in [-0.2, 0) is 16.4 Å². The average molecular weight is 605 g/mol. The number of aromatic nitrogens is 3. The molecule has 42 heavy (non-hydrogen) atoms. The van der Waals surface area contributed by atoms with E-state index in [1.807, 2.05) is 0 Å². The van der Waals surface area contributed by atoms with E-state index < -0.39 is 21.8 Å². The topological polar surface area (TPSA) is 137 Å². The lowest BCUT2D eigenvalue weighted by atomic mass is 9.95. The summed E-state index contributed by atoms with van der Waals surface area (Å²) in [7, 11) is -2.30. The van der Waals surface area contributed by atoms with Gasteiger partial charge >= 0.3 is 5.97 Å². The molecule has 0 saturated heterocycles. The van der Waals surface area contributed by atoms with E-state index in [2.05, 4.69) is 4.98 Å². The van der Waals surface area contributed by atoms with Crippen LogP contribution in [-0.4, -0.2) is 41.4 Å². The smallest absolute Gasteiger partial charge is 0.355 e. The van der Waals surface area contributed by atoms with E-state index in [4.69, 9.17) is 15.0 Å². The van der Waals surface area contributed by atoms with Crippen molar-refractivity contribution in [3.05, 3.63) is 100 Å². The Morgan fingerprint density at radius 3 is 2.52 bits per heavy atom. The summed E-state index contributed by atoms with van der Waals surface area (Å²) in [5.74, 6) is -0.755. The molecule has 1 aliphatic rings. The summed E-state index contributed by atoms with van der Waals surface area (Å²) in [5.41, 5.74) is 4.81. The number of sulfonamides is 1. The molecule has 5 aromatic rings. The molecule has 6 rings (SSSR count). The standard InChI is InChI=1S/C30H25FN4O5S2/c1-40-21-4-2-3-19(14-21)23-15-20(9-12-25(23)31)27-24(13-17-5-10-22(11-6-17)42(32,38)39)28(18-7-8-18)35(34-27)30-33-26(16-41-30)29(36)37/h2-6,9-12,14-16,18H,7-8,13H2,1H3,(H,36,37)(H2,32,38,39). The molecule has 0 spiro atoms. The van der Waals surface area contributed by atoms with E-state index in [1.165, 1.54) is 34.9 Å². The quantitative estimate of drug-likeness (QED) is 0.223. The number of methoxy groups -OCH3 is 1. The van der Waals surface area contributed by atoms with Crippen LogP contribution in [0.3, 0.4) is 0 Å². The highest BCUT2D eigenvalue weighted by Gasteiger charge is 2.34. The first-order chi connectivity index (χ1) is 20.1. The first kappa shape index (κ1) is 27.8. The maximum absolute atomic E-state index is 15.2. The molecule has 0 atom stereocenters. The minimum absolute atomic E-state index is 0.00929. The molecule has 3 N–H and O–H groups in total. The molecule has 9 nitrogen and oxygen atoms in total. The lowest BCUT2D eigenvalue weighted by Gasteiger charge is -2.10. The number of aromatic carboxylic acids is 1. The summed E-state index contributed by atoms with van der Waals surface area (Å²) < 4.78 is 45.8. The Morgan fingerprint density at radius 2 is 1.88 bits per heavy atom. The number of benzene rings is 3. The molecule has 3 aromatic carbocycles. The fourth-order valence-corrected chi connectivity index (χ4v) is 6.21. The van der Waals surface area contributed by atoms with Crippen molar-refractivity contribution < 1.29 is 27.4 Å². The Labute approximate surface area is 245 Å². The molecule has 0 aliphatic heterocycles. The Morgan fingerprint density at radius 1 is 1.12 bits per heavy atom. The monoisotopic (exact) mass is 604 g/mol. The van der Waals surface area contributed by atoms with Gasteiger partial charge < -0.3 is 9.84 Å². The molecule has 12 heteroatoms. The number of hydrogen-bond acceptors (Lipinski definition) is 7. The van der Waals surface area contributed by atoms with Gasteiger partial charge in [0.2, 0.25) is 15.2 Å². The van der Waals surface area contributed by atoms with Gasteiger partial charge in [-0.3, -0.25) is 0 Å². The van der Waals surface area contributed by atoms with Gasteiger partial charge in [-0.15, -0.1) is 11.3 Å². The van der Waals surface area contributed by atoms with Crippen LogP contribution in [0.5, 0.6) is 5.75 Å². The van der Waals surface area contributed by atoms with E-state index in [0.29, 0.717) is 39.7 Å². The van der Waals surface area contributed by atoms with Crippen LogP contribution in [0, 0.1) is 5.82 Å². The van der Waals surface area contributed by atoms with E-state index >= 15 is 4.39 Å². The third kappa shape index (κ3) is 5.43. The predicted molar refractivity (Wildman–Crippen MR) is 156 cm³/mol. The molecule has 0 bridgehead atoms. The zero-order valence-corrected chi connectivity index (χ0v) is 24.0. The zero-order valence-electron chi connectivity index (χ0n) is 22.3. The van der Waals surface area contributed by atoms with Gasteiger partial charge in [0.1, 0.15) is 11.6 Å². The molecule has 0 unspecified atom stereocenters. The van der Waals surface area contributed by atoms with Crippen molar-refractivity contribution in [3.8, 4) is 33.3 Å². The van der Waals surface area contributed by atoms with Gasteiger partial charge in [-0.2, -0.15) is 5.10 Å². The molecule has 0 amide bonds. The van der Waals surface area contributed by atoms with Crippen LogP contribution in [0.25, 0.3) is 27.5 Å². The molecular weight excluding hydrogens is 579 g/mol. The number of hydrogen-bond donors (Lipinski definition) is 2. The number of thiazole rings is 1. The van der Waals surface area contributed by atoms with Crippen molar-refractivity contribution in [3.63, 3.8) is 0 Å². The normalized spacial score (nSPS) is 13.3. The molecular formula is C30H25FN4O5S2. The van der Waals surface area contributed by atoms with E-state index in [0.717, 1.165) is 29.7 Å². The lowest BCUT2D eigenvalue weighted by molar-refractivity contribution is 0.0691. The van der Waals surface area contributed by atoms with Crippen molar-refractivity contribution >= 4 is 27.3 Å². The van der Waals surface area contributed by atoms with Gasteiger partial charge in [0, 0.05) is 34.4 Å². The summed E-state index contributed by atoms with van der Waals surface area (Å²) in [4.78, 5) is 15.9. The zero-order chi connectivity index (χ0) is 29.6. The molecule has 2 heterocycles. The first-order valence-corrected chi connectivity index (χ1v) is 15.4. The minimum atomic E-state index is -3.85. The maximum atomic E-state index is 15.2. The van der Waals surface area contributed by atoms with Crippen molar-refractivity contribution in [1.29, 1.82) is 0 Å². The second-order valence-corrected chi connectivity index (χ2v) is 12.4. The first-order valence-electron chi connectivity index (χ1n) is 13.0. The highest BCUT2D eigenvalue weighted by molar-refractivity contribution is 7.89. The van der Waals surface area contributed by atoms with Gasteiger partial charge in [0.15, 0.2) is 5.69 Å². The summed E-state index contributed by atoms with van der Waals surface area (Å²) in [6.45, 7) is 0. The molecule has 1 saturated carbocycles. The fourth-order valence-electron chi connectivity index (χ4n) is 4.94. The van der Waals surface area contributed by atoms with Gasteiger partial charge in [-0.1, -0.05) is 24.3 Å². The second-order valence-electron chi connectivity index (χ2n) is 10.0. The number of halogens is 1. The Balaban J connectivity index is 1.53. The molecule has 1 fully saturated rings. The molecule has 2 aromatic heterocycles. The predicted octanol–water partition coefficient (Wildman–Crippen LogP) is 5.62. The third-order valence-corrected chi connectivity index (χ3v) is 8.88. The van der Waals surface area contributed by atoms with E-state index in [-0.39, 0.29) is 16.5 Å². The van der Waals surface area contributed by atoms with Crippen LogP contribution >= 0.6 is 11.3 Å². The number of carboxylic acids is 1. The Hall–Kier alpha value is -4.39. The van der Waals surface area contributed by atoms with Crippen LogP contribution < -0.4 is 9.88 Å². The SMILES string of the molecule is COc1cccc(-c2cc(-c3nn(-c4nc(C(=O)O)cs4)c(C4CC4)c3Cc3ccc(S(N)(=O)=O)cc3)ccc2F)c1. The highest BCUT2D eigenvalue weighted by atomic mass is 32.2. The second kappa shape index (κ2) is 10.8. The van der Waals surface area contributed by atoms with Crippen molar-refractivity contribution in [2.45, 2.75) is 30.1 Å². The Kier molecular flexibility index (Phi) is 7.13. The van der Waals surface area contributed by atoms with Crippen molar-refractivity contribution in [2.75, 3.05) is 7.11 Å². The van der Waals surface area contributed by atoms with Crippen LogP contribution in [0.1, 0.15) is 46.1 Å². The number of rotatable bonds is 9.